The van der Waals surface area contributed by atoms with Crippen LogP contribution in [0.5, 0.6) is 0 Å². The van der Waals surface area contributed by atoms with E-state index in [1.54, 1.807) is 6.26 Å². The molecule has 0 bridgehead atoms. The minimum atomic E-state index is 0.418. The van der Waals surface area contributed by atoms with Gasteiger partial charge in [-0.2, -0.15) is 0 Å². The smallest absolute Gasteiger partial charge is 0.0950 e. The summed E-state index contributed by atoms with van der Waals surface area (Å²) in [5.74, 6) is 0. The lowest BCUT2D eigenvalue weighted by atomic mass is 10.1. The molecule has 1 unspecified atom stereocenters. The molecule has 1 N–H and O–H groups in total. The predicted octanol–water partition coefficient (Wildman–Crippen LogP) is 1.88. The Morgan fingerprint density at radius 3 is 2.79 bits per heavy atom. The Morgan fingerprint density at radius 2 is 2.29 bits per heavy atom. The maximum absolute atomic E-state index is 5.09. The van der Waals surface area contributed by atoms with E-state index in [1.165, 1.54) is 5.56 Å². The molecule has 3 heteroatoms. The van der Waals surface area contributed by atoms with Crippen LogP contribution >= 0.6 is 0 Å². The van der Waals surface area contributed by atoms with Crippen LogP contribution < -0.4 is 5.32 Å². The van der Waals surface area contributed by atoms with Crippen LogP contribution in [0.1, 0.15) is 24.9 Å². The molecule has 3 nitrogen and oxygen atoms in total. The highest BCUT2D eigenvalue weighted by atomic mass is 16.3. The van der Waals surface area contributed by atoms with E-state index in [9.17, 15) is 0 Å². The summed E-state index contributed by atoms with van der Waals surface area (Å²) in [5, 5.41) is 3.45. The molecule has 0 amide bonds. The van der Waals surface area contributed by atoms with Gasteiger partial charge >= 0.3 is 0 Å². The van der Waals surface area contributed by atoms with E-state index in [0.717, 1.165) is 19.5 Å². The second kappa shape index (κ2) is 5.83. The minimum absolute atomic E-state index is 0.418. The molecular formula is C11H20N2O. The van der Waals surface area contributed by atoms with Crippen molar-refractivity contribution >= 4 is 0 Å². The van der Waals surface area contributed by atoms with Gasteiger partial charge in [-0.05, 0) is 39.7 Å². The number of furan rings is 1. The predicted molar refractivity (Wildman–Crippen MR) is 58.3 cm³/mol. The van der Waals surface area contributed by atoms with E-state index >= 15 is 0 Å². The third-order valence-corrected chi connectivity index (χ3v) is 2.26. The molecular weight excluding hydrogens is 176 g/mol. The summed E-state index contributed by atoms with van der Waals surface area (Å²) >= 11 is 0. The summed E-state index contributed by atoms with van der Waals surface area (Å²) in [6, 6.07) is 2.45. The second-order valence-corrected chi connectivity index (χ2v) is 3.76. The van der Waals surface area contributed by atoms with Gasteiger partial charge in [0.2, 0.25) is 0 Å². The Bertz CT molecular complexity index is 231. The van der Waals surface area contributed by atoms with Crippen molar-refractivity contribution in [2.24, 2.45) is 0 Å². The molecule has 0 spiro atoms. The molecule has 14 heavy (non-hydrogen) atoms. The molecule has 1 aromatic heterocycles. The van der Waals surface area contributed by atoms with Gasteiger partial charge < -0.3 is 14.6 Å². The highest BCUT2D eigenvalue weighted by Crippen LogP contribution is 2.16. The Balaban J connectivity index is 2.47. The quantitative estimate of drug-likeness (QED) is 0.753. The van der Waals surface area contributed by atoms with Crippen molar-refractivity contribution in [3.05, 3.63) is 24.2 Å². The second-order valence-electron chi connectivity index (χ2n) is 3.76. The number of hydrogen-bond donors (Lipinski definition) is 1. The zero-order valence-corrected chi connectivity index (χ0v) is 9.29. The molecule has 0 fully saturated rings. The van der Waals surface area contributed by atoms with E-state index in [-0.39, 0.29) is 0 Å². The van der Waals surface area contributed by atoms with Crippen molar-refractivity contribution in [2.45, 2.75) is 19.4 Å². The highest BCUT2D eigenvalue weighted by molar-refractivity contribution is 5.11. The lowest BCUT2D eigenvalue weighted by molar-refractivity contribution is 0.362. The summed E-state index contributed by atoms with van der Waals surface area (Å²) in [6.07, 6.45) is 4.67. The molecule has 1 rings (SSSR count). The van der Waals surface area contributed by atoms with E-state index in [0.29, 0.717) is 6.04 Å². The maximum atomic E-state index is 5.09. The Morgan fingerprint density at radius 1 is 1.50 bits per heavy atom. The molecule has 0 aliphatic carbocycles. The van der Waals surface area contributed by atoms with Gasteiger partial charge in [0.25, 0.3) is 0 Å². The molecule has 0 saturated carbocycles. The van der Waals surface area contributed by atoms with Gasteiger partial charge in [-0.25, -0.2) is 0 Å². The molecule has 0 aromatic carbocycles. The average molecular weight is 196 g/mol. The average Bonchev–Trinajstić information content (AvgIpc) is 2.64. The van der Waals surface area contributed by atoms with Crippen molar-refractivity contribution in [3.63, 3.8) is 0 Å². The zero-order valence-electron chi connectivity index (χ0n) is 9.29. The van der Waals surface area contributed by atoms with Gasteiger partial charge in [-0.15, -0.1) is 0 Å². The van der Waals surface area contributed by atoms with Crippen LogP contribution in [0.25, 0.3) is 0 Å². The molecule has 1 aromatic rings. The first kappa shape index (κ1) is 11.3. The van der Waals surface area contributed by atoms with Crippen LogP contribution in [0, 0.1) is 0 Å². The molecule has 0 saturated heterocycles. The van der Waals surface area contributed by atoms with Crippen molar-refractivity contribution < 1.29 is 4.42 Å². The first-order chi connectivity index (χ1) is 6.74. The van der Waals surface area contributed by atoms with Gasteiger partial charge in [0.1, 0.15) is 0 Å². The van der Waals surface area contributed by atoms with Crippen LogP contribution in [0.15, 0.2) is 23.0 Å². The number of nitrogens with one attached hydrogen (secondary N) is 1. The molecule has 0 aliphatic heterocycles. The normalized spacial score (nSPS) is 13.4. The van der Waals surface area contributed by atoms with Crippen molar-refractivity contribution in [2.75, 3.05) is 27.2 Å². The fraction of sp³-hybridized carbons (Fsp3) is 0.636. The van der Waals surface area contributed by atoms with Crippen molar-refractivity contribution in [1.82, 2.24) is 10.2 Å². The largest absolute Gasteiger partial charge is 0.472 e. The van der Waals surface area contributed by atoms with Crippen LogP contribution in [0.3, 0.4) is 0 Å². The van der Waals surface area contributed by atoms with Gasteiger partial charge in [-0.1, -0.05) is 6.92 Å². The lowest BCUT2D eigenvalue weighted by Crippen LogP contribution is -2.25. The van der Waals surface area contributed by atoms with E-state index in [4.69, 9.17) is 4.42 Å². The van der Waals surface area contributed by atoms with E-state index in [2.05, 4.69) is 31.2 Å². The maximum Gasteiger partial charge on any atom is 0.0950 e. The Hall–Kier alpha value is -0.800. The SMILES string of the molecule is CCNC(CCN(C)C)c1ccoc1. The molecule has 0 radical (unpaired) electrons. The van der Waals surface area contributed by atoms with Crippen LogP contribution in [0.2, 0.25) is 0 Å². The van der Waals surface area contributed by atoms with Crippen molar-refractivity contribution in [3.8, 4) is 0 Å². The molecule has 1 atom stereocenters. The summed E-state index contributed by atoms with van der Waals surface area (Å²) in [4.78, 5) is 2.20. The monoisotopic (exact) mass is 196 g/mol. The first-order valence-corrected chi connectivity index (χ1v) is 5.14. The molecule has 0 aliphatic rings. The third-order valence-electron chi connectivity index (χ3n) is 2.26. The van der Waals surface area contributed by atoms with Gasteiger partial charge in [-0.3, -0.25) is 0 Å². The highest BCUT2D eigenvalue weighted by Gasteiger charge is 2.10. The zero-order chi connectivity index (χ0) is 10.4. The number of hydrogen-bond acceptors (Lipinski definition) is 3. The number of rotatable bonds is 6. The summed E-state index contributed by atoms with van der Waals surface area (Å²) in [7, 11) is 4.19. The fourth-order valence-electron chi connectivity index (χ4n) is 1.49. The molecule has 1 heterocycles. The lowest BCUT2D eigenvalue weighted by Gasteiger charge is -2.18. The van der Waals surface area contributed by atoms with Crippen molar-refractivity contribution in [1.29, 1.82) is 0 Å². The standard InChI is InChI=1S/C11H20N2O/c1-4-12-11(5-7-13(2)3)10-6-8-14-9-10/h6,8-9,11-12H,4-5,7H2,1-3H3. The molecule has 80 valence electrons. The Kier molecular flexibility index (Phi) is 4.70. The summed E-state index contributed by atoms with van der Waals surface area (Å²) in [5.41, 5.74) is 1.24. The first-order valence-electron chi connectivity index (χ1n) is 5.14. The Labute approximate surface area is 86.1 Å². The van der Waals surface area contributed by atoms with Crippen LogP contribution in [0.4, 0.5) is 0 Å². The summed E-state index contributed by atoms with van der Waals surface area (Å²) in [6.45, 7) is 4.20. The van der Waals surface area contributed by atoms with Crippen LogP contribution in [-0.4, -0.2) is 32.1 Å². The number of nitrogens with zero attached hydrogens (tertiary/aromatic N) is 1. The minimum Gasteiger partial charge on any atom is -0.472 e. The summed E-state index contributed by atoms with van der Waals surface area (Å²) < 4.78 is 5.09. The van der Waals surface area contributed by atoms with Gasteiger partial charge in [0, 0.05) is 11.6 Å². The third kappa shape index (κ3) is 3.52. The topological polar surface area (TPSA) is 28.4 Å². The fourth-order valence-corrected chi connectivity index (χ4v) is 1.49. The van der Waals surface area contributed by atoms with Crippen LogP contribution in [-0.2, 0) is 0 Å². The van der Waals surface area contributed by atoms with E-state index in [1.807, 2.05) is 12.3 Å². The van der Waals surface area contributed by atoms with Gasteiger partial charge in [0.15, 0.2) is 0 Å². The van der Waals surface area contributed by atoms with Gasteiger partial charge in [0.05, 0.1) is 12.5 Å². The van der Waals surface area contributed by atoms with E-state index < -0.39 is 0 Å².